The maximum atomic E-state index is 12.6. The van der Waals surface area contributed by atoms with Gasteiger partial charge in [-0.25, -0.2) is 9.79 Å². The van der Waals surface area contributed by atoms with E-state index in [1.807, 2.05) is 52.0 Å². The van der Waals surface area contributed by atoms with Crippen molar-refractivity contribution in [3.8, 4) is 5.75 Å². The number of ether oxygens (including phenoxy) is 2. The average molecular weight is 410 g/mol. The molecule has 6 nitrogen and oxygen atoms in total. The molecule has 3 rings (SSSR count). The smallest absolute Gasteiger partial charge is 0.408 e. The minimum Gasteiger partial charge on any atom is -0.481 e. The Morgan fingerprint density at radius 3 is 2.70 bits per heavy atom. The third kappa shape index (κ3) is 5.12. The van der Waals surface area contributed by atoms with Crippen molar-refractivity contribution in [1.29, 1.82) is 0 Å². The predicted molar refractivity (Wildman–Crippen MR) is 120 cm³/mol. The van der Waals surface area contributed by atoms with E-state index in [9.17, 15) is 4.79 Å². The third-order valence-electron chi connectivity index (χ3n) is 5.19. The molecule has 1 aliphatic heterocycles. The van der Waals surface area contributed by atoms with E-state index in [0.29, 0.717) is 23.7 Å². The summed E-state index contributed by atoms with van der Waals surface area (Å²) in [6, 6.07) is 11.7. The van der Waals surface area contributed by atoms with Gasteiger partial charge in [0, 0.05) is 0 Å². The van der Waals surface area contributed by atoms with Crippen LogP contribution in [0.25, 0.3) is 0 Å². The molecule has 0 spiro atoms. The molecule has 1 heterocycles. The van der Waals surface area contributed by atoms with E-state index < -0.39 is 11.7 Å². The first-order valence-electron chi connectivity index (χ1n) is 10.2. The number of rotatable bonds is 4. The summed E-state index contributed by atoms with van der Waals surface area (Å²) in [6.45, 7) is 11.6. The van der Waals surface area contributed by atoms with Crippen molar-refractivity contribution < 1.29 is 14.3 Å². The minimum atomic E-state index is -0.577. The monoisotopic (exact) mass is 409 g/mol. The van der Waals surface area contributed by atoms with Gasteiger partial charge in [-0.3, -0.25) is 0 Å². The van der Waals surface area contributed by atoms with E-state index in [1.165, 1.54) is 16.7 Å². The number of carbonyl (C=O) groups excluding carboxylic acids is 1. The molecule has 3 N–H and O–H groups in total. The summed E-state index contributed by atoms with van der Waals surface area (Å²) in [5.74, 6) is 1.12. The van der Waals surface area contributed by atoms with Crippen LogP contribution in [0.5, 0.6) is 5.75 Å². The van der Waals surface area contributed by atoms with Crippen molar-refractivity contribution in [2.24, 2.45) is 10.7 Å². The number of benzene rings is 2. The lowest BCUT2D eigenvalue weighted by molar-refractivity contribution is 0.0503. The van der Waals surface area contributed by atoms with E-state index in [2.05, 4.69) is 36.3 Å². The van der Waals surface area contributed by atoms with Gasteiger partial charge in [-0.15, -0.1) is 0 Å². The molecule has 0 saturated heterocycles. The summed E-state index contributed by atoms with van der Waals surface area (Å²) >= 11 is 0. The van der Waals surface area contributed by atoms with Gasteiger partial charge in [-0.05, 0) is 82.3 Å². The molecule has 2 aromatic carbocycles. The van der Waals surface area contributed by atoms with Gasteiger partial charge in [-0.2, -0.15) is 0 Å². The SMILES string of the molecule is Cc1cccc(CC(NC(=O)OC(C)(C)C)c2ccc3c(c2)N=C(N)C(C)O3)c1C. The lowest BCUT2D eigenvalue weighted by Crippen LogP contribution is -2.36. The van der Waals surface area contributed by atoms with Crippen LogP contribution in [0.15, 0.2) is 41.4 Å². The Balaban J connectivity index is 1.94. The van der Waals surface area contributed by atoms with Gasteiger partial charge in [0.05, 0.1) is 6.04 Å². The highest BCUT2D eigenvalue weighted by Crippen LogP contribution is 2.35. The van der Waals surface area contributed by atoms with Crippen molar-refractivity contribution in [2.45, 2.75) is 65.7 Å². The highest BCUT2D eigenvalue weighted by molar-refractivity contribution is 5.89. The fourth-order valence-corrected chi connectivity index (χ4v) is 3.37. The number of alkyl carbamates (subject to hydrolysis) is 1. The van der Waals surface area contributed by atoms with Crippen LogP contribution < -0.4 is 15.8 Å². The van der Waals surface area contributed by atoms with Gasteiger partial charge in [-0.1, -0.05) is 24.3 Å². The number of nitrogens with two attached hydrogens (primary N) is 1. The largest absolute Gasteiger partial charge is 0.481 e. The number of aliphatic imine (C=N–C) groups is 1. The molecule has 160 valence electrons. The fourth-order valence-electron chi connectivity index (χ4n) is 3.37. The first-order valence-corrected chi connectivity index (χ1v) is 10.2. The zero-order valence-electron chi connectivity index (χ0n) is 18.6. The van der Waals surface area contributed by atoms with E-state index in [0.717, 1.165) is 5.56 Å². The Morgan fingerprint density at radius 1 is 1.27 bits per heavy atom. The van der Waals surface area contributed by atoms with E-state index >= 15 is 0 Å². The van der Waals surface area contributed by atoms with E-state index in [-0.39, 0.29) is 12.1 Å². The maximum absolute atomic E-state index is 12.6. The highest BCUT2D eigenvalue weighted by atomic mass is 16.6. The fraction of sp³-hybridized carbons (Fsp3) is 0.417. The summed E-state index contributed by atoms with van der Waals surface area (Å²) in [6.07, 6.45) is -0.0838. The Morgan fingerprint density at radius 2 is 2.00 bits per heavy atom. The van der Waals surface area contributed by atoms with Crippen LogP contribution >= 0.6 is 0 Å². The van der Waals surface area contributed by atoms with Crippen molar-refractivity contribution in [3.05, 3.63) is 58.7 Å². The van der Waals surface area contributed by atoms with Crippen LogP contribution in [-0.4, -0.2) is 23.6 Å². The van der Waals surface area contributed by atoms with Gasteiger partial charge in [0.2, 0.25) is 0 Å². The van der Waals surface area contributed by atoms with Gasteiger partial charge in [0.15, 0.2) is 6.10 Å². The van der Waals surface area contributed by atoms with Crippen LogP contribution in [0.2, 0.25) is 0 Å². The molecule has 1 aliphatic rings. The summed E-state index contributed by atoms with van der Waals surface area (Å²) in [5, 5.41) is 3.03. The summed E-state index contributed by atoms with van der Waals surface area (Å²) in [4.78, 5) is 17.0. The molecular weight excluding hydrogens is 378 g/mol. The second-order valence-electron chi connectivity index (χ2n) is 8.79. The Hall–Kier alpha value is -3.02. The molecule has 0 bridgehead atoms. The van der Waals surface area contributed by atoms with Crippen LogP contribution in [0, 0.1) is 13.8 Å². The molecule has 30 heavy (non-hydrogen) atoms. The first kappa shape index (κ1) is 21.7. The number of amides is 1. The molecule has 2 unspecified atom stereocenters. The molecule has 0 radical (unpaired) electrons. The molecule has 6 heteroatoms. The van der Waals surface area contributed by atoms with Crippen molar-refractivity contribution in [1.82, 2.24) is 5.32 Å². The molecule has 1 amide bonds. The van der Waals surface area contributed by atoms with Gasteiger partial charge in [0.1, 0.15) is 22.9 Å². The van der Waals surface area contributed by atoms with E-state index in [1.54, 1.807) is 0 Å². The zero-order valence-corrected chi connectivity index (χ0v) is 18.6. The molecule has 0 saturated carbocycles. The first-order chi connectivity index (χ1) is 14.0. The number of carbonyl (C=O) groups is 1. The second-order valence-corrected chi connectivity index (χ2v) is 8.79. The highest BCUT2D eigenvalue weighted by Gasteiger charge is 2.24. The molecular formula is C24H31N3O3. The number of nitrogens with one attached hydrogen (secondary N) is 1. The van der Waals surface area contributed by atoms with Crippen LogP contribution in [0.1, 0.15) is 56.0 Å². The zero-order chi connectivity index (χ0) is 22.1. The Bertz CT molecular complexity index is 976. The van der Waals surface area contributed by atoms with Crippen molar-refractivity contribution in [2.75, 3.05) is 0 Å². The number of amidine groups is 1. The lowest BCUT2D eigenvalue weighted by atomic mass is 9.93. The number of fused-ring (bicyclic) bond motifs is 1. The molecule has 0 aliphatic carbocycles. The summed E-state index contributed by atoms with van der Waals surface area (Å²) in [5.41, 5.74) is 10.6. The lowest BCUT2D eigenvalue weighted by Gasteiger charge is -2.26. The normalized spacial score (nSPS) is 16.7. The summed E-state index contributed by atoms with van der Waals surface area (Å²) in [7, 11) is 0. The van der Waals surface area contributed by atoms with Crippen molar-refractivity contribution in [3.63, 3.8) is 0 Å². The third-order valence-corrected chi connectivity index (χ3v) is 5.19. The molecule has 2 atom stereocenters. The molecule has 2 aromatic rings. The Kier molecular flexibility index (Phi) is 6.06. The molecule has 0 fully saturated rings. The standard InChI is InChI=1S/C24H31N3O3/c1-14-8-7-9-17(15(14)2)12-19(27-23(28)30-24(4,5)6)18-10-11-21-20(13-18)26-22(25)16(3)29-21/h7-11,13,16,19H,12H2,1-6H3,(H2,25,26)(H,27,28). The summed E-state index contributed by atoms with van der Waals surface area (Å²) < 4.78 is 11.3. The van der Waals surface area contributed by atoms with Gasteiger partial charge >= 0.3 is 6.09 Å². The number of aryl methyl sites for hydroxylation is 1. The van der Waals surface area contributed by atoms with Crippen LogP contribution in [-0.2, 0) is 11.2 Å². The topological polar surface area (TPSA) is 85.9 Å². The predicted octanol–water partition coefficient (Wildman–Crippen LogP) is 4.88. The quantitative estimate of drug-likeness (QED) is 0.753. The second kappa shape index (κ2) is 8.38. The van der Waals surface area contributed by atoms with Gasteiger partial charge in [0.25, 0.3) is 0 Å². The number of hydrogen-bond donors (Lipinski definition) is 2. The van der Waals surface area contributed by atoms with Gasteiger partial charge < -0.3 is 20.5 Å². The molecule has 0 aromatic heterocycles. The number of hydrogen-bond acceptors (Lipinski definition) is 5. The van der Waals surface area contributed by atoms with Crippen LogP contribution in [0.3, 0.4) is 0 Å². The Labute approximate surface area is 178 Å². The van der Waals surface area contributed by atoms with Crippen molar-refractivity contribution >= 4 is 17.6 Å². The maximum Gasteiger partial charge on any atom is 0.408 e. The van der Waals surface area contributed by atoms with E-state index in [4.69, 9.17) is 15.2 Å². The minimum absolute atomic E-state index is 0.256. The van der Waals surface area contributed by atoms with Crippen LogP contribution in [0.4, 0.5) is 10.5 Å². The average Bonchev–Trinajstić information content (AvgIpc) is 2.64. The number of nitrogens with zero attached hydrogens (tertiary/aromatic N) is 1.